The molecule has 178 valence electrons. The third-order valence-corrected chi connectivity index (χ3v) is 8.15. The van der Waals surface area contributed by atoms with E-state index in [9.17, 15) is 13.2 Å². The number of aromatic carboxylic acids is 1. The predicted molar refractivity (Wildman–Crippen MR) is 133 cm³/mol. The molecule has 0 aliphatic carbocycles. The quantitative estimate of drug-likeness (QED) is 0.443. The Morgan fingerprint density at radius 2 is 1.77 bits per heavy atom. The first-order valence-corrected chi connectivity index (χ1v) is 12.8. The van der Waals surface area contributed by atoms with Gasteiger partial charge in [0.1, 0.15) is 0 Å². The van der Waals surface area contributed by atoms with Crippen LogP contribution in [0.1, 0.15) is 28.4 Å². The van der Waals surface area contributed by atoms with Crippen molar-refractivity contribution in [2.75, 3.05) is 6.54 Å². The van der Waals surface area contributed by atoms with Gasteiger partial charge in [0, 0.05) is 19.3 Å². The molecule has 1 aliphatic heterocycles. The maximum Gasteiger partial charge on any atom is 0.338 e. The van der Waals surface area contributed by atoms with Crippen molar-refractivity contribution in [3.05, 3.63) is 102 Å². The van der Waals surface area contributed by atoms with Crippen molar-refractivity contribution >= 4 is 16.0 Å². The molecule has 8 heteroatoms. The Morgan fingerprint density at radius 3 is 2.54 bits per heavy atom. The van der Waals surface area contributed by atoms with Gasteiger partial charge < -0.3 is 5.11 Å². The van der Waals surface area contributed by atoms with Gasteiger partial charge in [-0.05, 0) is 58.9 Å². The van der Waals surface area contributed by atoms with Crippen molar-refractivity contribution in [1.82, 2.24) is 14.1 Å². The highest BCUT2D eigenvalue weighted by Crippen LogP contribution is 2.30. The molecule has 0 saturated carbocycles. The number of nitrogens with zero attached hydrogens (tertiary/aromatic N) is 3. The normalized spacial score (nSPS) is 17.5. The highest BCUT2D eigenvalue weighted by Gasteiger charge is 2.31. The summed E-state index contributed by atoms with van der Waals surface area (Å²) < 4.78 is 30.0. The van der Waals surface area contributed by atoms with E-state index in [1.165, 1.54) is 17.1 Å². The Kier molecular flexibility index (Phi) is 6.00. The van der Waals surface area contributed by atoms with E-state index in [1.807, 2.05) is 60.7 Å². The fourth-order valence-corrected chi connectivity index (χ4v) is 6.33. The maximum absolute atomic E-state index is 13.5. The van der Waals surface area contributed by atoms with Gasteiger partial charge in [0.05, 0.1) is 22.3 Å². The van der Waals surface area contributed by atoms with Crippen LogP contribution < -0.4 is 0 Å². The van der Waals surface area contributed by atoms with Gasteiger partial charge in [-0.3, -0.25) is 0 Å². The molecule has 1 atom stereocenters. The van der Waals surface area contributed by atoms with Gasteiger partial charge >= 0.3 is 5.97 Å². The van der Waals surface area contributed by atoms with Crippen LogP contribution in [0.15, 0.2) is 90.1 Å². The molecule has 1 aromatic heterocycles. The summed E-state index contributed by atoms with van der Waals surface area (Å²) in [7, 11) is -3.60. The molecule has 2 heterocycles. The standard InChI is InChI=1S/C27H25N3O4S/c1-19-12-23-7-2-3-11-26(23)35(33,34)29(16-19)17-20-6-4-8-21(13-20)22-9-5-10-25(14-22)30-18-24(15-28-30)27(31)32/h2-11,13-15,18-19H,12,16-17H2,1H3,(H,31,32)/t19-/m1/s1. The van der Waals surface area contributed by atoms with Gasteiger partial charge in [-0.2, -0.15) is 9.40 Å². The predicted octanol–water partition coefficient (Wildman–Crippen LogP) is 4.62. The molecule has 0 unspecified atom stereocenters. The minimum Gasteiger partial charge on any atom is -0.478 e. The van der Waals surface area contributed by atoms with Crippen LogP contribution in [0.4, 0.5) is 0 Å². The Labute approximate surface area is 204 Å². The van der Waals surface area contributed by atoms with Crippen molar-refractivity contribution in [1.29, 1.82) is 0 Å². The topological polar surface area (TPSA) is 92.5 Å². The van der Waals surface area contributed by atoms with Crippen LogP contribution in [-0.2, 0) is 23.0 Å². The molecule has 0 radical (unpaired) electrons. The smallest absolute Gasteiger partial charge is 0.338 e. The molecule has 3 aromatic carbocycles. The number of sulfonamides is 1. The van der Waals surface area contributed by atoms with Crippen LogP contribution in [0.25, 0.3) is 16.8 Å². The molecule has 0 saturated heterocycles. The zero-order valence-corrected chi connectivity index (χ0v) is 20.0. The fourth-order valence-electron chi connectivity index (χ4n) is 4.55. The summed E-state index contributed by atoms with van der Waals surface area (Å²) in [5.41, 5.74) is 4.49. The number of fused-ring (bicyclic) bond motifs is 1. The van der Waals surface area contributed by atoms with Crippen LogP contribution in [0.3, 0.4) is 0 Å². The Bertz CT molecular complexity index is 1510. The van der Waals surface area contributed by atoms with Gasteiger partial charge in [-0.15, -0.1) is 0 Å². The SMILES string of the molecule is C[C@@H]1Cc2ccccc2S(=O)(=O)N(Cc2cccc(-c3cccc(-n4cc(C(=O)O)cn4)c3)c2)C1. The van der Waals surface area contributed by atoms with E-state index in [-0.39, 0.29) is 18.0 Å². The largest absolute Gasteiger partial charge is 0.478 e. The molecule has 35 heavy (non-hydrogen) atoms. The van der Waals surface area contributed by atoms with E-state index in [2.05, 4.69) is 12.0 Å². The molecule has 4 aromatic rings. The lowest BCUT2D eigenvalue weighted by atomic mass is 10.0. The second-order valence-corrected chi connectivity index (χ2v) is 10.9. The summed E-state index contributed by atoms with van der Waals surface area (Å²) in [4.78, 5) is 11.6. The highest BCUT2D eigenvalue weighted by atomic mass is 32.2. The van der Waals surface area contributed by atoms with E-state index in [0.29, 0.717) is 11.4 Å². The molecule has 7 nitrogen and oxygen atoms in total. The second kappa shape index (κ2) is 9.13. The Morgan fingerprint density at radius 1 is 1.03 bits per heavy atom. The summed E-state index contributed by atoms with van der Waals surface area (Å²) in [6.07, 6.45) is 3.52. The van der Waals surface area contributed by atoms with Crippen molar-refractivity contribution in [2.24, 2.45) is 5.92 Å². The molecular weight excluding hydrogens is 462 g/mol. The highest BCUT2D eigenvalue weighted by molar-refractivity contribution is 7.89. The Hall–Kier alpha value is -3.75. The Balaban J connectivity index is 1.44. The van der Waals surface area contributed by atoms with Gasteiger partial charge in [-0.1, -0.05) is 55.5 Å². The van der Waals surface area contributed by atoms with Gasteiger partial charge in [0.25, 0.3) is 0 Å². The summed E-state index contributed by atoms with van der Waals surface area (Å²) in [6, 6.07) is 22.7. The third kappa shape index (κ3) is 4.62. The summed E-state index contributed by atoms with van der Waals surface area (Å²) >= 11 is 0. The van der Waals surface area contributed by atoms with Gasteiger partial charge in [0.2, 0.25) is 10.0 Å². The van der Waals surface area contributed by atoms with E-state index in [0.717, 1.165) is 34.4 Å². The van der Waals surface area contributed by atoms with E-state index >= 15 is 0 Å². The minimum atomic E-state index is -3.60. The number of rotatable bonds is 5. The number of carbonyl (C=O) groups is 1. The number of benzene rings is 3. The lowest BCUT2D eigenvalue weighted by molar-refractivity contribution is 0.0697. The monoisotopic (exact) mass is 487 g/mol. The zero-order chi connectivity index (χ0) is 24.6. The maximum atomic E-state index is 13.5. The number of hydrogen-bond donors (Lipinski definition) is 1. The van der Waals surface area contributed by atoms with Crippen molar-refractivity contribution in [3.63, 3.8) is 0 Å². The van der Waals surface area contributed by atoms with E-state index in [1.54, 1.807) is 16.4 Å². The molecule has 0 spiro atoms. The molecular formula is C27H25N3O4S. The number of carboxylic acids is 1. The van der Waals surface area contributed by atoms with Crippen LogP contribution in [-0.4, -0.2) is 40.1 Å². The van der Waals surface area contributed by atoms with E-state index < -0.39 is 16.0 Å². The summed E-state index contributed by atoms with van der Waals surface area (Å²) in [5.74, 6) is -0.821. The zero-order valence-electron chi connectivity index (χ0n) is 19.2. The third-order valence-electron chi connectivity index (χ3n) is 6.23. The minimum absolute atomic E-state index is 0.117. The lowest BCUT2D eigenvalue weighted by Crippen LogP contribution is -2.32. The first kappa shape index (κ1) is 23.0. The number of carboxylic acid groups (broad SMARTS) is 1. The first-order chi connectivity index (χ1) is 16.8. The van der Waals surface area contributed by atoms with Crippen LogP contribution in [0.2, 0.25) is 0 Å². The summed E-state index contributed by atoms with van der Waals surface area (Å²) in [6.45, 7) is 2.83. The first-order valence-electron chi connectivity index (χ1n) is 11.4. The lowest BCUT2D eigenvalue weighted by Gasteiger charge is -2.22. The second-order valence-electron chi connectivity index (χ2n) is 8.94. The van der Waals surface area contributed by atoms with Crippen LogP contribution >= 0.6 is 0 Å². The molecule has 1 N–H and O–H groups in total. The van der Waals surface area contributed by atoms with E-state index in [4.69, 9.17) is 5.11 Å². The molecule has 5 rings (SSSR count). The van der Waals surface area contributed by atoms with Gasteiger partial charge in [0.15, 0.2) is 0 Å². The molecule has 1 aliphatic rings. The fraction of sp³-hybridized carbons (Fsp3) is 0.185. The number of aromatic nitrogens is 2. The molecule has 0 fully saturated rings. The van der Waals surface area contributed by atoms with Crippen molar-refractivity contribution < 1.29 is 18.3 Å². The average Bonchev–Trinajstić information content (AvgIpc) is 3.32. The molecule has 0 amide bonds. The van der Waals surface area contributed by atoms with Gasteiger partial charge in [-0.25, -0.2) is 17.9 Å². The van der Waals surface area contributed by atoms with Crippen molar-refractivity contribution in [3.8, 4) is 16.8 Å². The van der Waals surface area contributed by atoms with Crippen LogP contribution in [0, 0.1) is 5.92 Å². The average molecular weight is 488 g/mol. The molecule has 0 bridgehead atoms. The number of hydrogen-bond acceptors (Lipinski definition) is 4. The summed E-state index contributed by atoms with van der Waals surface area (Å²) in [5, 5.41) is 13.3. The van der Waals surface area contributed by atoms with Crippen molar-refractivity contribution in [2.45, 2.75) is 24.8 Å². The van der Waals surface area contributed by atoms with Crippen LogP contribution in [0.5, 0.6) is 0 Å².